The molecule has 7 nitrogen and oxygen atoms in total. The highest BCUT2D eigenvalue weighted by Gasteiger charge is 2.29. The Balaban J connectivity index is 1.55. The lowest BCUT2D eigenvalue weighted by molar-refractivity contribution is -0.124. The monoisotopic (exact) mass is 359 g/mol. The summed E-state index contributed by atoms with van der Waals surface area (Å²) in [7, 11) is 0. The first-order valence-corrected chi connectivity index (χ1v) is 8.55. The Kier molecular flexibility index (Phi) is 4.80. The third-order valence-corrected chi connectivity index (χ3v) is 4.95. The number of benzene rings is 1. The van der Waals surface area contributed by atoms with Crippen LogP contribution in [0.2, 0.25) is 0 Å². The number of nitrogens with one attached hydrogen (secondary N) is 3. The normalized spacial score (nSPS) is 15.9. The molecule has 1 aromatic heterocycles. The zero-order valence-corrected chi connectivity index (χ0v) is 14.5. The van der Waals surface area contributed by atoms with Crippen molar-refractivity contribution in [2.24, 2.45) is 0 Å². The van der Waals surface area contributed by atoms with E-state index < -0.39 is 17.1 Å². The second-order valence-electron chi connectivity index (χ2n) is 5.63. The maximum absolute atomic E-state index is 12.1. The minimum absolute atomic E-state index is 0.0471. The molecule has 0 spiro atoms. The van der Waals surface area contributed by atoms with E-state index in [2.05, 4.69) is 16.2 Å². The largest absolute Gasteiger partial charge is 0.466 e. The van der Waals surface area contributed by atoms with Crippen molar-refractivity contribution >= 4 is 35.2 Å². The molecule has 130 valence electrons. The number of carbonyl (C=O) groups is 3. The lowest BCUT2D eigenvalue weighted by Crippen LogP contribution is -2.44. The molecule has 3 amide bonds. The Morgan fingerprint density at radius 2 is 2.00 bits per heavy atom. The van der Waals surface area contributed by atoms with Gasteiger partial charge in [0.05, 0.1) is 16.5 Å². The molecule has 25 heavy (non-hydrogen) atoms. The summed E-state index contributed by atoms with van der Waals surface area (Å²) in [4.78, 5) is 37.1. The van der Waals surface area contributed by atoms with E-state index in [9.17, 15) is 14.4 Å². The van der Waals surface area contributed by atoms with Gasteiger partial charge in [0.15, 0.2) is 0 Å². The van der Waals surface area contributed by atoms with Crippen LogP contribution in [-0.4, -0.2) is 23.0 Å². The number of aryl methyl sites for hydroxylation is 2. The number of para-hydroxylation sites is 1. The number of anilines is 1. The van der Waals surface area contributed by atoms with Crippen molar-refractivity contribution in [3.8, 4) is 0 Å². The van der Waals surface area contributed by atoms with Gasteiger partial charge in [-0.1, -0.05) is 12.1 Å². The van der Waals surface area contributed by atoms with Crippen LogP contribution in [0.3, 0.4) is 0 Å². The van der Waals surface area contributed by atoms with E-state index in [-0.39, 0.29) is 12.3 Å². The molecule has 3 N–H and O–H groups in total. The van der Waals surface area contributed by atoms with Crippen molar-refractivity contribution in [1.29, 1.82) is 0 Å². The molecule has 1 aliphatic rings. The Morgan fingerprint density at radius 1 is 1.24 bits per heavy atom. The van der Waals surface area contributed by atoms with E-state index in [4.69, 9.17) is 4.42 Å². The second-order valence-corrected chi connectivity index (χ2v) is 6.87. The van der Waals surface area contributed by atoms with Crippen LogP contribution in [0, 0.1) is 13.8 Å². The van der Waals surface area contributed by atoms with Crippen LogP contribution in [0.4, 0.5) is 5.69 Å². The van der Waals surface area contributed by atoms with Crippen LogP contribution in [0.25, 0.3) is 0 Å². The molecule has 0 aliphatic carbocycles. The highest BCUT2D eigenvalue weighted by atomic mass is 32.2. The Hall–Kier alpha value is -2.74. The van der Waals surface area contributed by atoms with E-state index in [0.29, 0.717) is 17.1 Å². The highest BCUT2D eigenvalue weighted by Crippen LogP contribution is 2.36. The van der Waals surface area contributed by atoms with Crippen LogP contribution in [0.5, 0.6) is 0 Å². The highest BCUT2D eigenvalue weighted by molar-refractivity contribution is 8.01. The maximum atomic E-state index is 12.1. The van der Waals surface area contributed by atoms with Gasteiger partial charge in [-0.2, -0.15) is 0 Å². The first-order valence-electron chi connectivity index (χ1n) is 7.67. The zero-order chi connectivity index (χ0) is 18.0. The van der Waals surface area contributed by atoms with Crippen LogP contribution in [0.1, 0.15) is 28.3 Å². The topological polar surface area (TPSA) is 100 Å². The smallest absolute Gasteiger partial charge is 0.273 e. The zero-order valence-electron chi connectivity index (χ0n) is 13.7. The number of hydrogen-bond acceptors (Lipinski definition) is 5. The van der Waals surface area contributed by atoms with Gasteiger partial charge in [0, 0.05) is 11.3 Å². The van der Waals surface area contributed by atoms with E-state index in [1.807, 2.05) is 24.3 Å². The number of thioether (sulfide) groups is 1. The standard InChI is InChI=1S/C17H17N3O4S/c1-9-7-11(10(2)24-9)16(22)20-19-15(21)8-14-17(23)18-12-5-3-4-6-13(12)25-14/h3-7,14H,8H2,1-2H3,(H,18,23)(H,19,21)(H,20,22)/t14-/m1/s1. The average molecular weight is 359 g/mol. The van der Waals surface area contributed by atoms with Crippen LogP contribution in [-0.2, 0) is 9.59 Å². The quantitative estimate of drug-likeness (QED) is 0.729. The maximum Gasteiger partial charge on any atom is 0.273 e. The van der Waals surface area contributed by atoms with E-state index in [1.165, 1.54) is 11.8 Å². The molecule has 1 atom stereocenters. The van der Waals surface area contributed by atoms with Crippen LogP contribution >= 0.6 is 11.8 Å². The Morgan fingerprint density at radius 3 is 2.72 bits per heavy atom. The van der Waals surface area contributed by atoms with Crippen molar-refractivity contribution in [1.82, 2.24) is 10.9 Å². The minimum atomic E-state index is -0.551. The average Bonchev–Trinajstić information content (AvgIpc) is 2.92. The van der Waals surface area contributed by atoms with Gasteiger partial charge in [-0.3, -0.25) is 25.2 Å². The van der Waals surface area contributed by atoms with Crippen molar-refractivity contribution < 1.29 is 18.8 Å². The summed E-state index contributed by atoms with van der Waals surface area (Å²) in [5.41, 5.74) is 5.77. The lowest BCUT2D eigenvalue weighted by Gasteiger charge is -2.23. The predicted molar refractivity (Wildman–Crippen MR) is 93.1 cm³/mol. The Labute approximate surface area is 148 Å². The summed E-state index contributed by atoms with van der Waals surface area (Å²) in [6.07, 6.45) is -0.0471. The number of amides is 3. The lowest BCUT2D eigenvalue weighted by atomic mass is 10.2. The minimum Gasteiger partial charge on any atom is -0.466 e. The van der Waals surface area contributed by atoms with Gasteiger partial charge >= 0.3 is 0 Å². The number of hydrogen-bond donors (Lipinski definition) is 3. The molecule has 0 saturated heterocycles. The van der Waals surface area contributed by atoms with E-state index >= 15 is 0 Å². The molecule has 1 aliphatic heterocycles. The molecular formula is C17H17N3O4S. The SMILES string of the molecule is Cc1cc(C(=O)NNC(=O)C[C@H]2Sc3ccccc3NC2=O)c(C)o1. The summed E-state index contributed by atoms with van der Waals surface area (Å²) in [6.45, 7) is 3.41. The molecule has 3 rings (SSSR count). The molecule has 0 radical (unpaired) electrons. The molecular weight excluding hydrogens is 342 g/mol. The fraction of sp³-hybridized carbons (Fsp3) is 0.235. The third-order valence-electron chi connectivity index (χ3n) is 3.68. The van der Waals surface area contributed by atoms with E-state index in [1.54, 1.807) is 19.9 Å². The van der Waals surface area contributed by atoms with Crippen molar-refractivity contribution in [3.63, 3.8) is 0 Å². The van der Waals surface area contributed by atoms with Crippen LogP contribution < -0.4 is 16.2 Å². The van der Waals surface area contributed by atoms with E-state index in [0.717, 1.165) is 10.6 Å². The molecule has 2 aromatic rings. The van der Waals surface area contributed by atoms with Gasteiger partial charge in [-0.15, -0.1) is 11.8 Å². The molecule has 0 unspecified atom stereocenters. The van der Waals surface area contributed by atoms with Gasteiger partial charge in [-0.25, -0.2) is 0 Å². The summed E-state index contributed by atoms with van der Waals surface area (Å²) < 4.78 is 5.28. The van der Waals surface area contributed by atoms with Gasteiger partial charge in [0.1, 0.15) is 11.5 Å². The van der Waals surface area contributed by atoms with Gasteiger partial charge in [-0.05, 0) is 32.0 Å². The summed E-state index contributed by atoms with van der Waals surface area (Å²) in [5, 5.41) is 2.23. The second kappa shape index (κ2) is 7.02. The molecule has 1 aromatic carbocycles. The molecule has 8 heteroatoms. The van der Waals surface area contributed by atoms with Gasteiger partial charge in [0.25, 0.3) is 5.91 Å². The summed E-state index contributed by atoms with van der Waals surface area (Å²) >= 11 is 1.33. The summed E-state index contributed by atoms with van der Waals surface area (Å²) in [5.74, 6) is -0.0514. The molecule has 0 bridgehead atoms. The molecule has 2 heterocycles. The van der Waals surface area contributed by atoms with Crippen LogP contribution in [0.15, 0.2) is 39.6 Å². The first kappa shape index (κ1) is 17.1. The number of furan rings is 1. The van der Waals surface area contributed by atoms with Gasteiger partial charge < -0.3 is 9.73 Å². The van der Waals surface area contributed by atoms with Crippen molar-refractivity contribution in [2.75, 3.05) is 5.32 Å². The summed E-state index contributed by atoms with van der Waals surface area (Å²) in [6, 6.07) is 9.00. The predicted octanol–water partition coefficient (Wildman–Crippen LogP) is 2.16. The first-order chi connectivity index (χ1) is 11.9. The van der Waals surface area contributed by atoms with Crippen molar-refractivity contribution in [2.45, 2.75) is 30.4 Å². The fourth-order valence-electron chi connectivity index (χ4n) is 2.50. The number of hydrazine groups is 1. The number of rotatable bonds is 3. The Bertz CT molecular complexity index is 846. The fourth-order valence-corrected chi connectivity index (χ4v) is 3.61. The number of carbonyl (C=O) groups excluding carboxylic acids is 3. The molecule has 0 fully saturated rings. The van der Waals surface area contributed by atoms with Gasteiger partial charge in [0.2, 0.25) is 11.8 Å². The molecule has 0 saturated carbocycles. The van der Waals surface area contributed by atoms with Crippen molar-refractivity contribution in [3.05, 3.63) is 47.4 Å². The third kappa shape index (κ3) is 3.85. The number of fused-ring (bicyclic) bond motifs is 1.